The Labute approximate surface area is 139 Å². The Morgan fingerprint density at radius 2 is 0.875 bits per heavy atom. The highest BCUT2D eigenvalue weighted by atomic mass is 16.3. The van der Waals surface area contributed by atoms with Gasteiger partial charge >= 0.3 is 0 Å². The van der Waals surface area contributed by atoms with Crippen LogP contribution in [-0.4, -0.2) is 87.9 Å². The Morgan fingerprint density at radius 3 is 1.08 bits per heavy atom. The lowest BCUT2D eigenvalue weighted by molar-refractivity contribution is 0.196. The topological polar surface area (TPSA) is 214 Å². The van der Waals surface area contributed by atoms with Crippen LogP contribution in [0.1, 0.15) is 0 Å². The summed E-state index contributed by atoms with van der Waals surface area (Å²) in [6.45, 7) is 0.780. The maximum atomic E-state index is 9.49. The third-order valence-electron chi connectivity index (χ3n) is 2.94. The second kappa shape index (κ2) is 10.9. The summed E-state index contributed by atoms with van der Waals surface area (Å²) in [5, 5.41) is 37.0. The zero-order valence-electron chi connectivity index (χ0n) is 13.4. The first-order valence-corrected chi connectivity index (χ1v) is 7.60. The van der Waals surface area contributed by atoms with Crippen LogP contribution < -0.4 is 33.2 Å². The minimum absolute atomic E-state index is 0.0969. The van der Waals surface area contributed by atoms with Gasteiger partial charge in [0.25, 0.3) is 0 Å². The molecule has 12 nitrogen and oxygen atoms in total. The van der Waals surface area contributed by atoms with Crippen molar-refractivity contribution >= 4 is 17.8 Å². The van der Waals surface area contributed by atoms with Crippen molar-refractivity contribution < 1.29 is 15.3 Å². The monoisotopic (exact) mass is 345 g/mol. The number of aliphatic hydroxyl groups excluding tert-OH is 3. The standard InChI is InChI=1S/C12H27N9O3/c13-1-7(22)4-16-10-19-11(17-5-8(23)2-14)21-12(20-10)18-6-9(24)3-15/h7-9,22-24H,1-6,13-15H2,(H3,16,17,18,19,20,21). The molecule has 0 aromatic carbocycles. The fourth-order valence-corrected chi connectivity index (χ4v) is 1.49. The minimum Gasteiger partial charge on any atom is -0.390 e. The molecular weight excluding hydrogens is 318 g/mol. The molecule has 0 amide bonds. The maximum Gasteiger partial charge on any atom is 0.229 e. The molecule has 1 rings (SSSR count). The summed E-state index contributed by atoms with van der Waals surface area (Å²) < 4.78 is 0. The van der Waals surface area contributed by atoms with Gasteiger partial charge in [-0.1, -0.05) is 0 Å². The van der Waals surface area contributed by atoms with E-state index in [1.165, 1.54) is 0 Å². The Hall–Kier alpha value is -1.83. The molecule has 0 aliphatic carbocycles. The highest BCUT2D eigenvalue weighted by Gasteiger charge is 2.10. The molecule has 0 aliphatic rings. The zero-order valence-corrected chi connectivity index (χ0v) is 13.4. The normalized spacial score (nSPS) is 14.8. The first-order valence-electron chi connectivity index (χ1n) is 7.60. The van der Waals surface area contributed by atoms with Crippen molar-refractivity contribution in [2.75, 3.05) is 55.2 Å². The largest absolute Gasteiger partial charge is 0.390 e. The number of nitrogens with two attached hydrogens (primary N) is 3. The Balaban J connectivity index is 2.79. The first kappa shape index (κ1) is 20.2. The first-order chi connectivity index (χ1) is 11.5. The van der Waals surface area contributed by atoms with Crippen LogP contribution in [0.25, 0.3) is 0 Å². The molecule has 1 aromatic rings. The average Bonchev–Trinajstić information content (AvgIpc) is 2.61. The quantitative estimate of drug-likeness (QED) is 0.177. The summed E-state index contributed by atoms with van der Waals surface area (Å²) >= 11 is 0. The van der Waals surface area contributed by atoms with E-state index < -0.39 is 18.3 Å². The van der Waals surface area contributed by atoms with Gasteiger partial charge in [-0.05, 0) is 0 Å². The van der Waals surface area contributed by atoms with Gasteiger partial charge in [0.15, 0.2) is 0 Å². The van der Waals surface area contributed by atoms with E-state index in [-0.39, 0.29) is 57.1 Å². The van der Waals surface area contributed by atoms with Crippen molar-refractivity contribution in [1.82, 2.24) is 15.0 Å². The molecule has 138 valence electrons. The number of anilines is 3. The summed E-state index contributed by atoms with van der Waals surface area (Å²) in [4.78, 5) is 12.4. The smallest absolute Gasteiger partial charge is 0.229 e. The van der Waals surface area contributed by atoms with E-state index in [4.69, 9.17) is 17.2 Å². The van der Waals surface area contributed by atoms with Gasteiger partial charge in [0.05, 0.1) is 18.3 Å². The SMILES string of the molecule is NCC(O)CNc1nc(NCC(O)CN)nc(NCC(O)CN)n1. The molecule has 3 atom stereocenters. The van der Waals surface area contributed by atoms with E-state index >= 15 is 0 Å². The third-order valence-corrected chi connectivity index (χ3v) is 2.94. The summed E-state index contributed by atoms with van der Waals surface area (Å²) in [5.41, 5.74) is 16.0. The van der Waals surface area contributed by atoms with Crippen molar-refractivity contribution in [1.29, 1.82) is 0 Å². The van der Waals surface area contributed by atoms with E-state index in [2.05, 4.69) is 30.9 Å². The predicted octanol–water partition coefficient (Wildman–Crippen LogP) is -3.93. The van der Waals surface area contributed by atoms with Gasteiger partial charge in [-0.15, -0.1) is 0 Å². The summed E-state index contributed by atoms with van der Waals surface area (Å²) in [6.07, 6.45) is -2.23. The van der Waals surface area contributed by atoms with Gasteiger partial charge in [0.1, 0.15) is 0 Å². The molecular formula is C12H27N9O3. The molecule has 24 heavy (non-hydrogen) atoms. The van der Waals surface area contributed by atoms with E-state index in [0.717, 1.165) is 0 Å². The van der Waals surface area contributed by atoms with Crippen LogP contribution in [0.2, 0.25) is 0 Å². The van der Waals surface area contributed by atoms with Crippen LogP contribution >= 0.6 is 0 Å². The lowest BCUT2D eigenvalue weighted by Crippen LogP contribution is -2.30. The highest BCUT2D eigenvalue weighted by molar-refractivity contribution is 5.42. The number of nitrogens with one attached hydrogen (secondary N) is 3. The van der Waals surface area contributed by atoms with Crippen LogP contribution in [0.15, 0.2) is 0 Å². The van der Waals surface area contributed by atoms with Crippen molar-refractivity contribution in [3.05, 3.63) is 0 Å². The molecule has 1 aromatic heterocycles. The molecule has 0 fully saturated rings. The number of hydrogen-bond acceptors (Lipinski definition) is 12. The molecule has 3 unspecified atom stereocenters. The fraction of sp³-hybridized carbons (Fsp3) is 0.750. The van der Waals surface area contributed by atoms with E-state index in [1.807, 2.05) is 0 Å². The number of nitrogens with zero attached hydrogens (tertiary/aromatic N) is 3. The van der Waals surface area contributed by atoms with Gasteiger partial charge in [-0.2, -0.15) is 15.0 Å². The van der Waals surface area contributed by atoms with Gasteiger partial charge in [0.2, 0.25) is 17.8 Å². The molecule has 12 heteroatoms. The minimum atomic E-state index is -0.743. The van der Waals surface area contributed by atoms with Crippen LogP contribution in [0.5, 0.6) is 0 Å². The average molecular weight is 345 g/mol. The lowest BCUT2D eigenvalue weighted by atomic mass is 10.3. The maximum absolute atomic E-state index is 9.49. The Morgan fingerprint density at radius 1 is 0.625 bits per heavy atom. The zero-order chi connectivity index (χ0) is 17.9. The molecule has 1 heterocycles. The van der Waals surface area contributed by atoms with Crippen molar-refractivity contribution in [3.63, 3.8) is 0 Å². The second-order valence-corrected chi connectivity index (χ2v) is 5.12. The van der Waals surface area contributed by atoms with Crippen LogP contribution in [-0.2, 0) is 0 Å². The molecule has 12 N–H and O–H groups in total. The van der Waals surface area contributed by atoms with Crippen LogP contribution in [0.4, 0.5) is 17.8 Å². The lowest BCUT2D eigenvalue weighted by Gasteiger charge is -2.14. The molecule has 0 saturated carbocycles. The summed E-state index contributed by atoms with van der Waals surface area (Å²) in [7, 11) is 0. The number of aromatic nitrogens is 3. The Bertz CT molecular complexity index is 400. The molecule has 0 spiro atoms. The summed E-state index contributed by atoms with van der Waals surface area (Å²) in [5.74, 6) is 0.603. The highest BCUT2D eigenvalue weighted by Crippen LogP contribution is 2.09. The third kappa shape index (κ3) is 7.63. The molecule has 0 aliphatic heterocycles. The number of rotatable bonds is 12. The van der Waals surface area contributed by atoms with Gasteiger partial charge in [0, 0.05) is 39.3 Å². The number of hydrogen-bond donors (Lipinski definition) is 9. The molecule has 0 saturated heterocycles. The van der Waals surface area contributed by atoms with Crippen LogP contribution in [0.3, 0.4) is 0 Å². The molecule has 0 radical (unpaired) electrons. The van der Waals surface area contributed by atoms with Crippen molar-refractivity contribution in [3.8, 4) is 0 Å². The van der Waals surface area contributed by atoms with Crippen LogP contribution in [0, 0.1) is 0 Å². The number of aliphatic hydroxyl groups is 3. The predicted molar refractivity (Wildman–Crippen MR) is 90.5 cm³/mol. The second-order valence-electron chi connectivity index (χ2n) is 5.12. The van der Waals surface area contributed by atoms with Gasteiger partial charge in [-0.3, -0.25) is 0 Å². The van der Waals surface area contributed by atoms with Gasteiger partial charge in [-0.25, -0.2) is 0 Å². The summed E-state index contributed by atoms with van der Waals surface area (Å²) in [6, 6.07) is 0. The van der Waals surface area contributed by atoms with Crippen molar-refractivity contribution in [2.24, 2.45) is 17.2 Å². The molecule has 0 bridgehead atoms. The van der Waals surface area contributed by atoms with E-state index in [9.17, 15) is 15.3 Å². The fourth-order valence-electron chi connectivity index (χ4n) is 1.49. The van der Waals surface area contributed by atoms with Crippen molar-refractivity contribution in [2.45, 2.75) is 18.3 Å². The van der Waals surface area contributed by atoms with E-state index in [1.54, 1.807) is 0 Å². The Kier molecular flexibility index (Phi) is 9.14. The van der Waals surface area contributed by atoms with E-state index in [0.29, 0.717) is 0 Å². The van der Waals surface area contributed by atoms with Gasteiger partial charge < -0.3 is 48.5 Å².